The molecule has 2 aromatic rings. The van der Waals surface area contributed by atoms with Crippen molar-refractivity contribution in [1.29, 1.82) is 0 Å². The van der Waals surface area contributed by atoms with Crippen LogP contribution in [0.2, 0.25) is 0 Å². The molecule has 0 atom stereocenters. The van der Waals surface area contributed by atoms with Crippen molar-refractivity contribution >= 4 is 31.3 Å². The van der Waals surface area contributed by atoms with Gasteiger partial charge in [-0.2, -0.15) is 0 Å². The molecule has 22 heavy (non-hydrogen) atoms. The summed E-state index contributed by atoms with van der Waals surface area (Å²) in [5.41, 5.74) is -1.22. The molecule has 2 N–H and O–H groups in total. The van der Waals surface area contributed by atoms with Crippen LogP contribution in [0.25, 0.3) is 0 Å². The smallest absolute Gasteiger partial charge is 0.272 e. The number of hydrogen-bond acceptors (Lipinski definition) is 3. The molecule has 1 heterocycles. The molecule has 0 aliphatic rings. The third kappa shape index (κ3) is 3.25. The van der Waals surface area contributed by atoms with Gasteiger partial charge >= 0.3 is 0 Å². The van der Waals surface area contributed by atoms with Crippen LogP contribution in [0.5, 0.6) is 0 Å². The van der Waals surface area contributed by atoms with Gasteiger partial charge < -0.3 is 10.3 Å². The summed E-state index contributed by atoms with van der Waals surface area (Å²) in [5.74, 6) is -6.85. The Kier molecular flexibility index (Phi) is 3.51. The van der Waals surface area contributed by atoms with Gasteiger partial charge in [0.1, 0.15) is 10.6 Å². The number of aromatic amines is 1. The molecule has 0 bridgehead atoms. The molecule has 5 nitrogen and oxygen atoms in total. The fourth-order valence-corrected chi connectivity index (χ4v) is 2.77. The van der Waals surface area contributed by atoms with Gasteiger partial charge in [-0.05, 0) is 13.0 Å². The number of benzene rings is 1. The number of carbonyl (C=O) groups excluding carboxylic acids is 1. The molecule has 0 spiro atoms. The quantitative estimate of drug-likeness (QED) is 0.657. The highest BCUT2D eigenvalue weighted by Crippen LogP contribution is 2.22. The molecule has 0 saturated carbocycles. The Bertz CT molecular complexity index is 934. The van der Waals surface area contributed by atoms with Gasteiger partial charge in [0, 0.05) is 34.1 Å². The number of amides is 1. The fourth-order valence-electron chi connectivity index (χ4n) is 1.61. The number of aryl methyl sites for hydroxylation is 1. The predicted molar refractivity (Wildman–Crippen MR) is 72.8 cm³/mol. The highest BCUT2D eigenvalue weighted by Gasteiger charge is 2.20. The molecule has 10 heteroatoms. The van der Waals surface area contributed by atoms with E-state index >= 15 is 0 Å². The number of H-pyrrole nitrogens is 1. The second-order valence-electron chi connectivity index (χ2n) is 4.13. The van der Waals surface area contributed by atoms with E-state index in [-0.39, 0.29) is 16.3 Å². The van der Waals surface area contributed by atoms with Gasteiger partial charge in [0.2, 0.25) is 0 Å². The van der Waals surface area contributed by atoms with Crippen LogP contribution in [0.4, 0.5) is 18.9 Å². The van der Waals surface area contributed by atoms with E-state index in [9.17, 15) is 26.4 Å². The van der Waals surface area contributed by atoms with Crippen LogP contribution < -0.4 is 5.32 Å². The molecule has 0 unspecified atom stereocenters. The zero-order chi connectivity index (χ0) is 18.4. The lowest BCUT2D eigenvalue weighted by Crippen LogP contribution is -2.13. The van der Waals surface area contributed by atoms with E-state index in [1.54, 1.807) is 0 Å². The van der Waals surface area contributed by atoms with Crippen LogP contribution in [0.3, 0.4) is 0 Å². The molecule has 1 aromatic heterocycles. The van der Waals surface area contributed by atoms with Crippen molar-refractivity contribution in [2.75, 3.05) is 5.32 Å². The summed E-state index contributed by atoms with van der Waals surface area (Å²) >= 11 is 0. The van der Waals surface area contributed by atoms with E-state index in [1.807, 2.05) is 5.32 Å². The molecule has 118 valence electrons. The number of carbonyl (C=O) groups is 1. The summed E-state index contributed by atoms with van der Waals surface area (Å²) < 4.78 is 77.1. The normalized spacial score (nSPS) is 12.8. The predicted octanol–water partition coefficient (Wildman–Crippen LogP) is 2.92. The maximum absolute atomic E-state index is 13.4. The van der Waals surface area contributed by atoms with E-state index in [2.05, 4.69) is 4.98 Å². The number of aromatic nitrogens is 1. The monoisotopic (exact) mass is 354 g/mol. The molecule has 0 saturated heterocycles. The van der Waals surface area contributed by atoms with Gasteiger partial charge in [0.25, 0.3) is 15.0 Å². The largest absolute Gasteiger partial charge is 0.353 e. The third-order valence-corrected chi connectivity index (χ3v) is 4.02. The van der Waals surface area contributed by atoms with E-state index in [0.29, 0.717) is 0 Å². The van der Waals surface area contributed by atoms with Gasteiger partial charge in [-0.3, -0.25) is 4.79 Å². The highest BCUT2D eigenvalue weighted by atomic mass is 35.7. The summed E-state index contributed by atoms with van der Waals surface area (Å²) in [5, 5.41) is 1.87. The third-order valence-electron chi connectivity index (χ3n) is 2.57. The first-order chi connectivity index (χ1) is 10.9. The molecule has 0 aliphatic carbocycles. The minimum atomic E-state index is -4.14. The molecule has 0 fully saturated rings. The zero-order valence-corrected chi connectivity index (χ0v) is 12.3. The minimum absolute atomic E-state index is 0.0313. The van der Waals surface area contributed by atoms with Crippen molar-refractivity contribution in [3.63, 3.8) is 0 Å². The van der Waals surface area contributed by atoms with Crippen molar-refractivity contribution in [3.8, 4) is 0 Å². The highest BCUT2D eigenvalue weighted by molar-refractivity contribution is 8.13. The Morgan fingerprint density at radius 3 is 2.32 bits per heavy atom. The van der Waals surface area contributed by atoms with Crippen LogP contribution in [0, 0.1) is 24.4 Å². The molecular formula is C12H8ClF3N2O3S. The van der Waals surface area contributed by atoms with Crippen LogP contribution in [0.1, 0.15) is 18.9 Å². The lowest BCUT2D eigenvalue weighted by Gasteiger charge is -2.05. The topological polar surface area (TPSA) is 79.0 Å². The molecule has 1 amide bonds. The van der Waals surface area contributed by atoms with E-state index in [1.165, 1.54) is 6.92 Å². The second kappa shape index (κ2) is 5.65. The molecular weight excluding hydrogens is 345 g/mol. The first kappa shape index (κ1) is 13.6. The van der Waals surface area contributed by atoms with Crippen molar-refractivity contribution in [2.45, 2.75) is 11.8 Å². The van der Waals surface area contributed by atoms with Gasteiger partial charge in [0.15, 0.2) is 17.5 Å². The molecule has 2 rings (SSSR count). The summed E-state index contributed by atoms with van der Waals surface area (Å²) in [6, 6.07) is -1.57. The summed E-state index contributed by atoms with van der Waals surface area (Å²) in [4.78, 5) is 14.0. The lowest BCUT2D eigenvalue weighted by molar-refractivity contribution is 0.102. The SMILES string of the molecule is [2H]c1c(F)c(F)c(F)c([2H])c1NC(=O)c1cc(S(=O)(=O)Cl)c(C)[nH]1. The van der Waals surface area contributed by atoms with Crippen molar-refractivity contribution < 1.29 is 29.1 Å². The fraction of sp³-hybridized carbons (Fsp3) is 0.0833. The second-order valence-corrected chi connectivity index (χ2v) is 6.67. The Morgan fingerprint density at radius 1 is 1.32 bits per heavy atom. The number of hydrogen-bond donors (Lipinski definition) is 2. The zero-order valence-electron chi connectivity index (χ0n) is 12.7. The van der Waals surface area contributed by atoms with Gasteiger partial charge in [0.05, 0.1) is 2.74 Å². The van der Waals surface area contributed by atoms with Crippen molar-refractivity contribution in [3.05, 3.63) is 47.0 Å². The van der Waals surface area contributed by atoms with Gasteiger partial charge in [-0.1, -0.05) is 0 Å². The standard InChI is InChI=1S/C12H8ClF3N2O3S/c1-5-10(22(13,20)21)4-9(17-5)12(19)18-6-2-7(14)11(16)8(15)3-6/h2-4,17H,1H3,(H,18,19)/i2D,3D. The Hall–Kier alpha value is -2.00. The summed E-state index contributed by atoms with van der Waals surface area (Å²) in [6.07, 6.45) is 0. The van der Waals surface area contributed by atoms with E-state index in [0.717, 1.165) is 6.07 Å². The Morgan fingerprint density at radius 2 is 1.86 bits per heavy atom. The summed E-state index contributed by atoms with van der Waals surface area (Å²) in [6.45, 7) is 1.31. The van der Waals surface area contributed by atoms with Crippen LogP contribution in [-0.2, 0) is 9.05 Å². The first-order valence-electron chi connectivity index (χ1n) is 6.54. The average Bonchev–Trinajstić information content (AvgIpc) is 2.89. The van der Waals surface area contributed by atoms with Gasteiger partial charge in [-0.25, -0.2) is 21.6 Å². The Labute approximate surface area is 130 Å². The molecule has 1 aromatic carbocycles. The van der Waals surface area contributed by atoms with Crippen molar-refractivity contribution in [1.82, 2.24) is 4.98 Å². The number of nitrogens with one attached hydrogen (secondary N) is 2. The van der Waals surface area contributed by atoms with Crippen LogP contribution in [0.15, 0.2) is 23.0 Å². The average molecular weight is 355 g/mol. The van der Waals surface area contributed by atoms with Crippen LogP contribution in [-0.4, -0.2) is 19.3 Å². The first-order valence-corrected chi connectivity index (χ1v) is 7.85. The molecule has 0 aliphatic heterocycles. The van der Waals surface area contributed by atoms with Crippen LogP contribution >= 0.6 is 10.7 Å². The maximum atomic E-state index is 13.4. The summed E-state index contributed by atoms with van der Waals surface area (Å²) in [7, 11) is 1.03. The Balaban J connectivity index is 2.45. The number of halogens is 4. The van der Waals surface area contributed by atoms with E-state index < -0.39 is 50.2 Å². The lowest BCUT2D eigenvalue weighted by atomic mass is 10.2. The number of rotatable bonds is 3. The number of anilines is 1. The van der Waals surface area contributed by atoms with Crippen molar-refractivity contribution in [2.24, 2.45) is 0 Å². The van der Waals surface area contributed by atoms with E-state index in [4.69, 9.17) is 13.4 Å². The maximum Gasteiger partial charge on any atom is 0.272 e. The minimum Gasteiger partial charge on any atom is -0.353 e. The van der Waals surface area contributed by atoms with Gasteiger partial charge in [-0.15, -0.1) is 0 Å². The molecule has 0 radical (unpaired) electrons.